The predicted molar refractivity (Wildman–Crippen MR) is 106 cm³/mol. The van der Waals surface area contributed by atoms with Crippen LogP contribution in [0, 0.1) is 18.8 Å². The van der Waals surface area contributed by atoms with Crippen LogP contribution in [0.1, 0.15) is 22.3 Å². The second kappa shape index (κ2) is 7.03. The van der Waals surface area contributed by atoms with Crippen LogP contribution in [0.2, 0.25) is 0 Å². The minimum atomic E-state index is -0.252. The lowest BCUT2D eigenvalue weighted by Gasteiger charge is -2.00. The summed E-state index contributed by atoms with van der Waals surface area (Å²) in [4.78, 5) is 0. The summed E-state index contributed by atoms with van der Waals surface area (Å²) in [7, 11) is 0. The van der Waals surface area contributed by atoms with Crippen LogP contribution in [0.25, 0.3) is 22.3 Å². The maximum atomic E-state index is 10.1. The highest BCUT2D eigenvalue weighted by atomic mass is 16.3. The van der Waals surface area contributed by atoms with Crippen LogP contribution in [-0.4, -0.2) is 10.2 Å². The Kier molecular flexibility index (Phi) is 4.42. The summed E-state index contributed by atoms with van der Waals surface area (Å²) in [6, 6.07) is 21.0. The molecule has 0 saturated heterocycles. The van der Waals surface area contributed by atoms with Crippen molar-refractivity contribution in [2.75, 3.05) is 0 Å². The molecule has 3 nitrogen and oxygen atoms in total. The molecule has 0 atom stereocenters. The number of aliphatic hydroxyl groups is 1. The summed E-state index contributed by atoms with van der Waals surface area (Å²) in [6.45, 7) is 1.78. The van der Waals surface area contributed by atoms with Crippen molar-refractivity contribution >= 4 is 11.0 Å². The first-order valence-electron chi connectivity index (χ1n) is 8.69. The molecular formula is C24H18O3. The molecule has 3 aromatic carbocycles. The molecule has 0 spiro atoms. The number of furan rings is 1. The van der Waals surface area contributed by atoms with Crippen LogP contribution in [-0.2, 0) is 6.61 Å². The Bertz CT molecular complexity index is 1170. The van der Waals surface area contributed by atoms with Gasteiger partial charge in [-0.1, -0.05) is 54.3 Å². The van der Waals surface area contributed by atoms with Crippen LogP contribution < -0.4 is 0 Å². The zero-order valence-electron chi connectivity index (χ0n) is 14.9. The highest BCUT2D eigenvalue weighted by molar-refractivity contribution is 5.93. The van der Waals surface area contributed by atoms with E-state index in [1.54, 1.807) is 6.07 Å². The van der Waals surface area contributed by atoms with E-state index in [2.05, 4.69) is 11.8 Å². The molecule has 0 aliphatic heterocycles. The first kappa shape index (κ1) is 17.0. The molecule has 4 rings (SSSR count). The standard InChI is InChI=1S/C24H18O3/c1-16-6-5-7-17(12-16)10-11-20-21-13-19(15-25)22(26)14-23(21)27-24(20)18-8-3-2-4-9-18/h2-9,12-14,25-26H,15H2,1H3. The summed E-state index contributed by atoms with van der Waals surface area (Å²) in [5.41, 5.74) is 4.71. The third-order valence-corrected chi connectivity index (χ3v) is 4.45. The van der Waals surface area contributed by atoms with E-state index in [0.717, 1.165) is 27.6 Å². The average Bonchev–Trinajstić information content (AvgIpc) is 3.03. The Hall–Kier alpha value is -3.48. The number of fused-ring (bicyclic) bond motifs is 1. The molecule has 0 radical (unpaired) electrons. The largest absolute Gasteiger partial charge is 0.507 e. The molecule has 0 fully saturated rings. The second-order valence-corrected chi connectivity index (χ2v) is 6.43. The van der Waals surface area contributed by atoms with E-state index in [9.17, 15) is 10.2 Å². The van der Waals surface area contributed by atoms with Gasteiger partial charge in [0.1, 0.15) is 11.3 Å². The van der Waals surface area contributed by atoms with Gasteiger partial charge >= 0.3 is 0 Å². The summed E-state index contributed by atoms with van der Waals surface area (Å²) in [5, 5.41) is 20.3. The fraction of sp³-hybridized carbons (Fsp3) is 0.0833. The molecule has 0 saturated carbocycles. The van der Waals surface area contributed by atoms with Crippen LogP contribution in [0.5, 0.6) is 5.75 Å². The van der Waals surface area contributed by atoms with Gasteiger partial charge < -0.3 is 14.6 Å². The van der Waals surface area contributed by atoms with Gasteiger partial charge in [-0.2, -0.15) is 0 Å². The zero-order valence-corrected chi connectivity index (χ0v) is 14.9. The fourth-order valence-electron chi connectivity index (χ4n) is 3.08. The Balaban J connectivity index is 1.96. The molecule has 0 aliphatic carbocycles. The van der Waals surface area contributed by atoms with E-state index in [-0.39, 0.29) is 12.4 Å². The number of phenols is 1. The van der Waals surface area contributed by atoms with Crippen molar-refractivity contribution in [3.05, 3.63) is 89.0 Å². The Morgan fingerprint density at radius 3 is 2.48 bits per heavy atom. The molecule has 3 heteroatoms. The molecular weight excluding hydrogens is 336 g/mol. The Morgan fingerprint density at radius 1 is 0.926 bits per heavy atom. The Morgan fingerprint density at radius 2 is 1.74 bits per heavy atom. The lowest BCUT2D eigenvalue weighted by Crippen LogP contribution is -1.85. The predicted octanol–water partition coefficient (Wildman–Crippen LogP) is 5.01. The van der Waals surface area contributed by atoms with Gasteiger partial charge in [0.2, 0.25) is 0 Å². The third-order valence-electron chi connectivity index (χ3n) is 4.45. The van der Waals surface area contributed by atoms with Crippen molar-refractivity contribution in [1.82, 2.24) is 0 Å². The summed E-state index contributed by atoms with van der Waals surface area (Å²) in [5.74, 6) is 7.11. The number of rotatable bonds is 2. The van der Waals surface area contributed by atoms with E-state index in [1.165, 1.54) is 6.07 Å². The van der Waals surface area contributed by atoms with Gasteiger partial charge in [0.05, 0.1) is 12.2 Å². The lowest BCUT2D eigenvalue weighted by atomic mass is 10.0. The van der Waals surface area contributed by atoms with Crippen molar-refractivity contribution in [3.8, 4) is 28.9 Å². The Labute approximate surface area is 157 Å². The van der Waals surface area contributed by atoms with Gasteiger partial charge in [0.25, 0.3) is 0 Å². The monoisotopic (exact) mass is 354 g/mol. The molecule has 4 aromatic rings. The quantitative estimate of drug-likeness (QED) is 0.498. The van der Waals surface area contributed by atoms with Crippen molar-refractivity contribution in [2.24, 2.45) is 0 Å². The van der Waals surface area contributed by atoms with Crippen LogP contribution in [0.3, 0.4) is 0 Å². The topological polar surface area (TPSA) is 53.6 Å². The fourth-order valence-corrected chi connectivity index (χ4v) is 3.08. The minimum Gasteiger partial charge on any atom is -0.507 e. The highest BCUT2D eigenvalue weighted by Gasteiger charge is 2.16. The highest BCUT2D eigenvalue weighted by Crippen LogP contribution is 2.36. The van der Waals surface area contributed by atoms with Gasteiger partial charge in [-0.3, -0.25) is 0 Å². The molecule has 132 valence electrons. The maximum Gasteiger partial charge on any atom is 0.151 e. The summed E-state index contributed by atoms with van der Waals surface area (Å²) >= 11 is 0. The first-order chi connectivity index (χ1) is 13.2. The minimum absolute atomic E-state index is 0.0107. The molecule has 0 amide bonds. The van der Waals surface area contributed by atoms with Crippen molar-refractivity contribution in [1.29, 1.82) is 0 Å². The summed E-state index contributed by atoms with van der Waals surface area (Å²) in [6.07, 6.45) is 0. The van der Waals surface area contributed by atoms with Crippen molar-refractivity contribution in [3.63, 3.8) is 0 Å². The van der Waals surface area contributed by atoms with E-state index in [4.69, 9.17) is 4.42 Å². The molecule has 0 unspecified atom stereocenters. The number of aliphatic hydroxyl groups excluding tert-OH is 1. The maximum absolute atomic E-state index is 10.1. The summed E-state index contributed by atoms with van der Waals surface area (Å²) < 4.78 is 6.03. The van der Waals surface area contributed by atoms with Crippen molar-refractivity contribution < 1.29 is 14.6 Å². The van der Waals surface area contributed by atoms with E-state index < -0.39 is 0 Å². The van der Waals surface area contributed by atoms with Crippen LogP contribution in [0.15, 0.2) is 71.1 Å². The average molecular weight is 354 g/mol. The number of aromatic hydroxyl groups is 1. The number of hydrogen-bond acceptors (Lipinski definition) is 3. The van der Waals surface area contributed by atoms with Gasteiger partial charge in [-0.05, 0) is 30.7 Å². The zero-order chi connectivity index (χ0) is 18.8. The van der Waals surface area contributed by atoms with Gasteiger partial charge in [0.15, 0.2) is 5.76 Å². The van der Waals surface area contributed by atoms with Gasteiger partial charge in [-0.25, -0.2) is 0 Å². The van der Waals surface area contributed by atoms with Crippen LogP contribution >= 0.6 is 0 Å². The van der Waals surface area contributed by atoms with Crippen molar-refractivity contribution in [2.45, 2.75) is 13.5 Å². The SMILES string of the molecule is Cc1cccc(C#Cc2c(-c3ccccc3)oc3cc(O)c(CO)cc23)c1. The second-order valence-electron chi connectivity index (χ2n) is 6.43. The molecule has 1 heterocycles. The normalized spacial score (nSPS) is 10.6. The third kappa shape index (κ3) is 3.31. The number of aryl methyl sites for hydroxylation is 1. The number of hydrogen-bond donors (Lipinski definition) is 2. The van der Waals surface area contributed by atoms with Gasteiger partial charge in [0, 0.05) is 28.1 Å². The van der Waals surface area contributed by atoms with E-state index >= 15 is 0 Å². The molecule has 27 heavy (non-hydrogen) atoms. The molecule has 0 aliphatic rings. The smallest absolute Gasteiger partial charge is 0.151 e. The van der Waals surface area contributed by atoms with E-state index in [1.807, 2.05) is 61.5 Å². The van der Waals surface area contributed by atoms with Crippen LogP contribution in [0.4, 0.5) is 0 Å². The molecule has 2 N–H and O–H groups in total. The molecule has 1 aromatic heterocycles. The van der Waals surface area contributed by atoms with Gasteiger partial charge in [-0.15, -0.1) is 0 Å². The first-order valence-corrected chi connectivity index (χ1v) is 8.69. The lowest BCUT2D eigenvalue weighted by molar-refractivity contribution is 0.276. The number of benzene rings is 3. The van der Waals surface area contributed by atoms with E-state index in [0.29, 0.717) is 16.9 Å². The molecule has 0 bridgehead atoms.